The Kier molecular flexibility index (Phi) is 8.11. The van der Waals surface area contributed by atoms with Crippen molar-refractivity contribution >= 4 is 32.7 Å². The van der Waals surface area contributed by atoms with Crippen molar-refractivity contribution in [2.24, 2.45) is 0 Å². The summed E-state index contributed by atoms with van der Waals surface area (Å²) in [6.07, 6.45) is 1.14. The number of carboxylic acid groups (broad SMARTS) is 1. The molecule has 3 aromatic carbocycles. The number of rotatable bonds is 9. The Hall–Kier alpha value is -3.47. The van der Waals surface area contributed by atoms with E-state index in [1.54, 1.807) is 29.2 Å². The molecule has 1 amide bonds. The highest BCUT2D eigenvalue weighted by Crippen LogP contribution is 2.24. The molecule has 1 heterocycles. The molecule has 37 heavy (non-hydrogen) atoms. The number of aliphatic carboxylic acids is 1. The molecule has 10 heteroatoms. The first-order chi connectivity index (χ1) is 17.6. The average Bonchev–Trinajstić information content (AvgIpc) is 2.88. The van der Waals surface area contributed by atoms with Crippen molar-refractivity contribution < 1.29 is 27.9 Å². The third-order valence-electron chi connectivity index (χ3n) is 6.70. The van der Waals surface area contributed by atoms with E-state index in [-0.39, 0.29) is 32.7 Å². The van der Waals surface area contributed by atoms with Gasteiger partial charge in [-0.1, -0.05) is 36.4 Å². The second-order valence-corrected chi connectivity index (χ2v) is 11.1. The lowest BCUT2D eigenvalue weighted by Gasteiger charge is -2.36. The Morgan fingerprint density at radius 2 is 1.68 bits per heavy atom. The van der Waals surface area contributed by atoms with Crippen molar-refractivity contribution in [2.45, 2.75) is 19.6 Å². The summed E-state index contributed by atoms with van der Waals surface area (Å²) < 4.78 is 30.7. The van der Waals surface area contributed by atoms with Crippen LogP contribution in [0.5, 0.6) is 5.75 Å². The topological polar surface area (TPSA) is 116 Å². The summed E-state index contributed by atoms with van der Waals surface area (Å²) in [5.74, 6) is -0.839. The summed E-state index contributed by atoms with van der Waals surface area (Å²) in [7, 11) is -3.31. The van der Waals surface area contributed by atoms with Gasteiger partial charge in [0.25, 0.3) is 5.91 Å². The maximum atomic E-state index is 12.7. The lowest BCUT2D eigenvalue weighted by Crippen LogP contribution is -2.56. The lowest BCUT2D eigenvalue weighted by molar-refractivity contribution is -0.143. The van der Waals surface area contributed by atoms with Crippen LogP contribution in [0, 0.1) is 6.92 Å². The number of carbonyl (C=O) groups is 2. The van der Waals surface area contributed by atoms with E-state index in [4.69, 9.17) is 4.74 Å². The molecule has 0 aliphatic carbocycles. The monoisotopic (exact) mass is 525 g/mol. The first-order valence-electron chi connectivity index (χ1n) is 12.0. The number of ether oxygens (including phenoxy) is 1. The number of aryl methyl sites for hydroxylation is 1. The maximum Gasteiger partial charge on any atom is 0.322 e. The van der Waals surface area contributed by atoms with Crippen molar-refractivity contribution in [3.05, 3.63) is 77.4 Å². The fourth-order valence-electron chi connectivity index (χ4n) is 4.51. The van der Waals surface area contributed by atoms with E-state index in [0.29, 0.717) is 17.9 Å². The first-order valence-corrected chi connectivity index (χ1v) is 13.9. The Balaban J connectivity index is 1.33. The van der Waals surface area contributed by atoms with Gasteiger partial charge in [0.1, 0.15) is 18.4 Å². The largest absolute Gasteiger partial charge is 0.489 e. The van der Waals surface area contributed by atoms with Crippen LogP contribution in [0.4, 0.5) is 0 Å². The minimum absolute atomic E-state index is 0.0916. The molecule has 1 unspecified atom stereocenters. The van der Waals surface area contributed by atoms with E-state index >= 15 is 0 Å². The van der Waals surface area contributed by atoms with Crippen LogP contribution < -0.4 is 10.1 Å². The summed E-state index contributed by atoms with van der Waals surface area (Å²) >= 11 is 0. The smallest absolute Gasteiger partial charge is 0.322 e. The maximum absolute atomic E-state index is 12.7. The molecule has 1 atom stereocenters. The van der Waals surface area contributed by atoms with Gasteiger partial charge >= 0.3 is 5.97 Å². The molecule has 3 aromatic rings. The number of hydrogen-bond donors (Lipinski definition) is 2. The van der Waals surface area contributed by atoms with Crippen molar-refractivity contribution in [2.75, 3.05) is 39.0 Å². The molecule has 196 valence electrons. The van der Waals surface area contributed by atoms with Crippen LogP contribution in [-0.4, -0.2) is 79.6 Å². The second-order valence-electron chi connectivity index (χ2n) is 9.16. The molecule has 0 radical (unpaired) electrons. The fourth-order valence-corrected chi connectivity index (χ4v) is 5.33. The van der Waals surface area contributed by atoms with E-state index < -0.39 is 27.9 Å². The molecule has 4 rings (SSSR count). The third-order valence-corrected chi connectivity index (χ3v) is 8.00. The minimum Gasteiger partial charge on any atom is -0.489 e. The summed E-state index contributed by atoms with van der Waals surface area (Å²) in [5.41, 5.74) is 2.64. The number of carbonyl (C=O) groups excluding carboxylic acids is 1. The number of nitrogens with one attached hydrogen (secondary N) is 1. The highest BCUT2D eigenvalue weighted by molar-refractivity contribution is 7.88. The van der Waals surface area contributed by atoms with Gasteiger partial charge in [0, 0.05) is 43.9 Å². The number of benzene rings is 3. The first kappa shape index (κ1) is 26.6. The van der Waals surface area contributed by atoms with E-state index in [1.165, 1.54) is 4.31 Å². The molecule has 1 aliphatic heterocycles. The Labute approximate surface area is 216 Å². The summed E-state index contributed by atoms with van der Waals surface area (Å²) in [6.45, 7) is 3.35. The zero-order valence-corrected chi connectivity index (χ0v) is 21.7. The van der Waals surface area contributed by atoms with Crippen molar-refractivity contribution in [1.82, 2.24) is 14.5 Å². The van der Waals surface area contributed by atoms with E-state index in [1.807, 2.05) is 12.1 Å². The number of sulfonamides is 1. The number of amides is 1. The van der Waals surface area contributed by atoms with Gasteiger partial charge in [-0.05, 0) is 47.5 Å². The van der Waals surface area contributed by atoms with E-state index in [2.05, 4.69) is 36.5 Å². The minimum atomic E-state index is -3.31. The van der Waals surface area contributed by atoms with Crippen molar-refractivity contribution in [3.63, 3.8) is 0 Å². The van der Waals surface area contributed by atoms with Gasteiger partial charge in [-0.3, -0.25) is 14.5 Å². The molecule has 2 N–H and O–H groups in total. The highest BCUT2D eigenvalue weighted by atomic mass is 32.2. The predicted octanol–water partition coefficient (Wildman–Crippen LogP) is 2.49. The molecular formula is C27H31N3O6S. The zero-order chi connectivity index (χ0) is 26.6. The summed E-state index contributed by atoms with van der Waals surface area (Å²) in [4.78, 5) is 26.2. The van der Waals surface area contributed by atoms with Crippen LogP contribution in [0.15, 0.2) is 60.7 Å². The summed E-state index contributed by atoms with van der Waals surface area (Å²) in [6, 6.07) is 18.1. The average molecular weight is 526 g/mol. The predicted molar refractivity (Wildman–Crippen MR) is 141 cm³/mol. The highest BCUT2D eigenvalue weighted by Gasteiger charge is 2.31. The van der Waals surface area contributed by atoms with Crippen molar-refractivity contribution in [3.8, 4) is 5.75 Å². The molecule has 0 saturated carbocycles. The van der Waals surface area contributed by atoms with Gasteiger partial charge in [0.15, 0.2) is 0 Å². The molecule has 1 aliphatic rings. The quantitative estimate of drug-likeness (QED) is 0.441. The Morgan fingerprint density at radius 3 is 2.32 bits per heavy atom. The van der Waals surface area contributed by atoms with E-state index in [0.717, 1.165) is 28.2 Å². The molecule has 1 fully saturated rings. The Bertz CT molecular complexity index is 1380. The second kappa shape index (κ2) is 11.3. The number of piperazine rings is 1. The third kappa shape index (κ3) is 6.46. The van der Waals surface area contributed by atoms with Crippen LogP contribution in [0.1, 0.15) is 21.5 Å². The SMILES string of the molecule is Cc1ccc2ccccc2c1COc1ccc(C(=O)NCC(C(=O)O)N2CCN(S(C)(=O)=O)CC2)cc1. The molecule has 9 nitrogen and oxygen atoms in total. The standard InChI is InChI=1S/C27H31N3O6S/c1-19-7-8-20-5-3-4-6-23(20)24(19)18-36-22-11-9-21(10-12-22)26(31)28-17-25(27(32)33)29-13-15-30(16-14-29)37(2,34)35/h3-12,25H,13-18H2,1-2H3,(H,28,31)(H,32,33). The van der Waals surface area contributed by atoms with Crippen LogP contribution >= 0.6 is 0 Å². The summed E-state index contributed by atoms with van der Waals surface area (Å²) in [5, 5.41) is 14.6. The zero-order valence-electron chi connectivity index (χ0n) is 20.9. The van der Waals surface area contributed by atoms with Crippen LogP contribution in [-0.2, 0) is 21.4 Å². The molecular weight excluding hydrogens is 494 g/mol. The number of hydrogen-bond acceptors (Lipinski definition) is 6. The van der Waals surface area contributed by atoms with Gasteiger partial charge in [-0.2, -0.15) is 4.31 Å². The molecule has 1 saturated heterocycles. The Morgan fingerprint density at radius 1 is 1.00 bits per heavy atom. The molecule has 0 bridgehead atoms. The van der Waals surface area contributed by atoms with Gasteiger partial charge in [0.05, 0.1) is 6.26 Å². The van der Waals surface area contributed by atoms with Gasteiger partial charge in [-0.15, -0.1) is 0 Å². The van der Waals surface area contributed by atoms with Gasteiger partial charge in [0.2, 0.25) is 10.0 Å². The normalized spacial score (nSPS) is 15.8. The van der Waals surface area contributed by atoms with Crippen LogP contribution in [0.25, 0.3) is 10.8 Å². The molecule has 0 aromatic heterocycles. The lowest BCUT2D eigenvalue weighted by atomic mass is 10.0. The number of nitrogens with zero attached hydrogens (tertiary/aromatic N) is 2. The van der Waals surface area contributed by atoms with Gasteiger partial charge in [-0.25, -0.2) is 8.42 Å². The molecule has 0 spiro atoms. The van der Waals surface area contributed by atoms with E-state index in [9.17, 15) is 23.1 Å². The number of carboxylic acids is 1. The fraction of sp³-hybridized carbons (Fsp3) is 0.333. The van der Waals surface area contributed by atoms with Crippen LogP contribution in [0.2, 0.25) is 0 Å². The van der Waals surface area contributed by atoms with Gasteiger partial charge < -0.3 is 15.2 Å². The van der Waals surface area contributed by atoms with Crippen molar-refractivity contribution in [1.29, 1.82) is 0 Å². The number of fused-ring (bicyclic) bond motifs is 1. The van der Waals surface area contributed by atoms with Crippen LogP contribution in [0.3, 0.4) is 0 Å².